The molecule has 0 saturated heterocycles. The summed E-state index contributed by atoms with van der Waals surface area (Å²) in [5, 5.41) is 8.78. The highest BCUT2D eigenvalue weighted by molar-refractivity contribution is 6.40. The van der Waals surface area contributed by atoms with Crippen molar-refractivity contribution in [3.8, 4) is 0 Å². The van der Waals surface area contributed by atoms with Crippen molar-refractivity contribution >= 4 is 23.2 Å². The number of nitrogens with zero attached hydrogens (tertiary/aromatic N) is 3. The molecule has 0 spiro atoms. The van der Waals surface area contributed by atoms with E-state index < -0.39 is 0 Å². The Hall–Kier alpha value is -2.99. The fraction of sp³-hybridized carbons (Fsp3) is 0.348. The molecule has 2 aromatic carbocycles. The summed E-state index contributed by atoms with van der Waals surface area (Å²) in [6.07, 6.45) is 0.624. The van der Waals surface area contributed by atoms with Gasteiger partial charge in [0.2, 0.25) is 5.91 Å². The minimum Gasteiger partial charge on any atom is -0.349 e. The van der Waals surface area contributed by atoms with Gasteiger partial charge in [0, 0.05) is 19.4 Å². The van der Waals surface area contributed by atoms with Gasteiger partial charge in [-0.1, -0.05) is 42.5 Å². The third-order valence-electron chi connectivity index (χ3n) is 5.15. The number of hydrogen-bond acceptors (Lipinski definition) is 4. The number of carbonyl (C=O) groups excluding carboxylic acids is 2. The molecule has 0 aromatic heterocycles. The molecule has 2 amide bonds. The van der Waals surface area contributed by atoms with Gasteiger partial charge in [-0.05, 0) is 50.7 Å². The van der Waals surface area contributed by atoms with Crippen LogP contribution in [-0.2, 0) is 9.59 Å². The van der Waals surface area contributed by atoms with Gasteiger partial charge in [-0.15, -0.1) is 0 Å². The number of hydrazone groups is 1. The van der Waals surface area contributed by atoms with Crippen LogP contribution in [-0.4, -0.2) is 43.1 Å². The SMILES string of the molecule is Cc1ccc(C)c(N2N=C(C(=O)NCC(c3ccccc3)N(C)C)CCC2=O)c1. The van der Waals surface area contributed by atoms with E-state index in [1.165, 1.54) is 5.01 Å². The molecule has 6 heteroatoms. The Labute approximate surface area is 172 Å². The smallest absolute Gasteiger partial charge is 0.267 e. The van der Waals surface area contributed by atoms with Crippen molar-refractivity contribution in [3.05, 3.63) is 65.2 Å². The molecule has 0 fully saturated rings. The molecule has 0 saturated carbocycles. The molecule has 1 atom stereocenters. The Bertz CT molecular complexity index is 922. The van der Waals surface area contributed by atoms with E-state index in [2.05, 4.69) is 27.5 Å². The third-order valence-corrected chi connectivity index (χ3v) is 5.15. The largest absolute Gasteiger partial charge is 0.349 e. The van der Waals surface area contributed by atoms with E-state index in [4.69, 9.17) is 0 Å². The van der Waals surface area contributed by atoms with Crippen LogP contribution in [0, 0.1) is 13.8 Å². The van der Waals surface area contributed by atoms with Crippen molar-refractivity contribution in [3.63, 3.8) is 0 Å². The van der Waals surface area contributed by atoms with Gasteiger partial charge in [-0.2, -0.15) is 5.10 Å². The van der Waals surface area contributed by atoms with E-state index in [1.54, 1.807) is 0 Å². The van der Waals surface area contributed by atoms with Crippen LogP contribution in [0.25, 0.3) is 0 Å². The van der Waals surface area contributed by atoms with Crippen LogP contribution in [0.15, 0.2) is 53.6 Å². The highest BCUT2D eigenvalue weighted by Gasteiger charge is 2.27. The zero-order chi connectivity index (χ0) is 21.0. The lowest BCUT2D eigenvalue weighted by Gasteiger charge is -2.27. The molecule has 0 aliphatic carbocycles. The van der Waals surface area contributed by atoms with Gasteiger partial charge in [0.25, 0.3) is 5.91 Å². The van der Waals surface area contributed by atoms with Gasteiger partial charge in [0.1, 0.15) is 5.71 Å². The van der Waals surface area contributed by atoms with Gasteiger partial charge < -0.3 is 10.2 Å². The summed E-state index contributed by atoms with van der Waals surface area (Å²) in [6, 6.07) is 16.0. The highest BCUT2D eigenvalue weighted by Crippen LogP contribution is 2.25. The number of carbonyl (C=O) groups is 2. The van der Waals surface area contributed by atoms with Crippen molar-refractivity contribution in [1.82, 2.24) is 10.2 Å². The second-order valence-corrected chi connectivity index (χ2v) is 7.64. The average molecular weight is 393 g/mol. The Balaban J connectivity index is 1.76. The average Bonchev–Trinajstić information content (AvgIpc) is 2.71. The van der Waals surface area contributed by atoms with Crippen LogP contribution in [0.3, 0.4) is 0 Å². The van der Waals surface area contributed by atoms with Gasteiger partial charge in [-0.3, -0.25) is 9.59 Å². The number of aryl methyl sites for hydroxylation is 2. The lowest BCUT2D eigenvalue weighted by molar-refractivity contribution is -0.119. The van der Waals surface area contributed by atoms with Crippen LogP contribution < -0.4 is 10.3 Å². The summed E-state index contributed by atoms with van der Waals surface area (Å²) >= 11 is 0. The van der Waals surface area contributed by atoms with Gasteiger partial charge in [-0.25, -0.2) is 5.01 Å². The molecular formula is C23H28N4O2. The summed E-state index contributed by atoms with van der Waals surface area (Å²) < 4.78 is 0. The van der Waals surface area contributed by atoms with Crippen molar-refractivity contribution < 1.29 is 9.59 Å². The molecule has 1 aliphatic rings. The minimum atomic E-state index is -0.226. The molecule has 152 valence electrons. The fourth-order valence-corrected chi connectivity index (χ4v) is 3.42. The monoisotopic (exact) mass is 392 g/mol. The second kappa shape index (κ2) is 9.01. The number of benzene rings is 2. The molecule has 1 heterocycles. The van der Waals surface area contributed by atoms with Crippen molar-refractivity contribution in [2.24, 2.45) is 5.10 Å². The van der Waals surface area contributed by atoms with E-state index in [0.29, 0.717) is 18.7 Å². The lowest BCUT2D eigenvalue weighted by Crippen LogP contribution is -2.42. The van der Waals surface area contributed by atoms with E-state index in [0.717, 1.165) is 22.4 Å². The number of rotatable bonds is 6. The summed E-state index contributed by atoms with van der Waals surface area (Å²) in [5.74, 6) is -0.318. The lowest BCUT2D eigenvalue weighted by atomic mass is 10.1. The van der Waals surface area contributed by atoms with Crippen molar-refractivity contribution in [1.29, 1.82) is 0 Å². The topological polar surface area (TPSA) is 65.0 Å². The van der Waals surface area contributed by atoms with Crippen LogP contribution in [0.2, 0.25) is 0 Å². The first-order chi connectivity index (χ1) is 13.9. The maximum atomic E-state index is 12.8. The molecule has 1 aliphatic heterocycles. The Morgan fingerprint density at radius 2 is 1.86 bits per heavy atom. The quantitative estimate of drug-likeness (QED) is 0.821. The summed E-state index contributed by atoms with van der Waals surface area (Å²) in [7, 11) is 3.98. The Morgan fingerprint density at radius 1 is 1.14 bits per heavy atom. The number of amides is 2. The first kappa shape index (κ1) is 20.7. The zero-order valence-electron chi connectivity index (χ0n) is 17.5. The molecule has 0 bridgehead atoms. The molecule has 6 nitrogen and oxygen atoms in total. The van der Waals surface area contributed by atoms with Gasteiger partial charge in [0.15, 0.2) is 0 Å². The maximum absolute atomic E-state index is 12.8. The summed E-state index contributed by atoms with van der Waals surface area (Å²) in [4.78, 5) is 27.3. The number of hydrogen-bond donors (Lipinski definition) is 1. The van der Waals surface area contributed by atoms with E-state index >= 15 is 0 Å². The third kappa shape index (κ3) is 4.90. The van der Waals surface area contributed by atoms with Gasteiger partial charge >= 0.3 is 0 Å². The van der Waals surface area contributed by atoms with Crippen LogP contribution in [0.5, 0.6) is 0 Å². The molecule has 2 aromatic rings. The highest BCUT2D eigenvalue weighted by atomic mass is 16.2. The molecule has 3 rings (SSSR count). The molecule has 1 unspecified atom stereocenters. The predicted molar refractivity (Wildman–Crippen MR) is 116 cm³/mol. The van der Waals surface area contributed by atoms with E-state index in [1.807, 2.05) is 64.3 Å². The van der Waals surface area contributed by atoms with Crippen LogP contribution in [0.1, 0.15) is 35.6 Å². The van der Waals surface area contributed by atoms with Gasteiger partial charge in [0.05, 0.1) is 11.7 Å². The number of anilines is 1. The van der Waals surface area contributed by atoms with E-state index in [-0.39, 0.29) is 24.3 Å². The second-order valence-electron chi connectivity index (χ2n) is 7.64. The molecule has 29 heavy (non-hydrogen) atoms. The minimum absolute atomic E-state index is 0.0566. The fourth-order valence-electron chi connectivity index (χ4n) is 3.42. The van der Waals surface area contributed by atoms with Crippen LogP contribution in [0.4, 0.5) is 5.69 Å². The summed E-state index contributed by atoms with van der Waals surface area (Å²) in [6.45, 7) is 4.37. The van der Waals surface area contributed by atoms with E-state index in [9.17, 15) is 9.59 Å². The first-order valence-electron chi connectivity index (χ1n) is 9.84. The zero-order valence-corrected chi connectivity index (χ0v) is 17.5. The predicted octanol–water partition coefficient (Wildman–Crippen LogP) is 3.21. The number of likely N-dealkylation sites (N-methyl/N-ethyl adjacent to an activating group) is 1. The Kier molecular flexibility index (Phi) is 6.44. The standard InChI is InChI=1S/C23H28N4O2/c1-16-10-11-17(2)20(14-16)27-22(28)13-12-19(25-27)23(29)24-15-21(26(3)4)18-8-6-5-7-9-18/h5-11,14,21H,12-13,15H2,1-4H3,(H,24,29). The summed E-state index contributed by atoms with van der Waals surface area (Å²) in [5.41, 5.74) is 4.25. The van der Waals surface area contributed by atoms with Crippen molar-refractivity contribution in [2.75, 3.05) is 25.6 Å². The maximum Gasteiger partial charge on any atom is 0.267 e. The molecule has 1 N–H and O–H groups in total. The van der Waals surface area contributed by atoms with Crippen molar-refractivity contribution in [2.45, 2.75) is 32.7 Å². The number of nitrogens with one attached hydrogen (secondary N) is 1. The molecule has 0 radical (unpaired) electrons. The normalized spacial score (nSPS) is 15.3. The first-order valence-corrected chi connectivity index (χ1v) is 9.84. The van der Waals surface area contributed by atoms with Crippen LogP contribution >= 0.6 is 0 Å². The molecular weight excluding hydrogens is 364 g/mol. The Morgan fingerprint density at radius 3 is 2.55 bits per heavy atom.